The Balaban J connectivity index is 1.84. The highest BCUT2D eigenvalue weighted by Gasteiger charge is 2.33. The van der Waals surface area contributed by atoms with Crippen molar-refractivity contribution in [1.82, 2.24) is 10.2 Å². The normalized spacial score (nSPS) is 33.4. The second-order valence-corrected chi connectivity index (χ2v) is 6.38. The van der Waals surface area contributed by atoms with Gasteiger partial charge in [0.1, 0.15) is 0 Å². The van der Waals surface area contributed by atoms with Crippen LogP contribution in [-0.4, -0.2) is 37.1 Å². The number of piperidine rings is 1. The number of nitrogens with zero attached hydrogens (tertiary/aromatic N) is 1. The van der Waals surface area contributed by atoms with Crippen LogP contribution in [0.3, 0.4) is 0 Å². The van der Waals surface area contributed by atoms with Gasteiger partial charge in [0.05, 0.1) is 0 Å². The van der Waals surface area contributed by atoms with E-state index in [9.17, 15) is 0 Å². The predicted molar refractivity (Wildman–Crippen MR) is 74.2 cm³/mol. The molecule has 1 aliphatic heterocycles. The highest BCUT2D eigenvalue weighted by atomic mass is 15.2. The first-order valence-electron chi connectivity index (χ1n) is 7.65. The molecule has 0 radical (unpaired) electrons. The summed E-state index contributed by atoms with van der Waals surface area (Å²) in [6, 6.07) is 0.748. The lowest BCUT2D eigenvalue weighted by molar-refractivity contribution is 0.0410. The van der Waals surface area contributed by atoms with E-state index in [0.717, 1.165) is 30.3 Å². The molecule has 2 aliphatic rings. The van der Waals surface area contributed by atoms with Crippen molar-refractivity contribution >= 4 is 0 Å². The molecule has 100 valence electrons. The van der Waals surface area contributed by atoms with Gasteiger partial charge in [-0.1, -0.05) is 20.3 Å². The number of hydrogen-bond acceptors (Lipinski definition) is 2. The summed E-state index contributed by atoms with van der Waals surface area (Å²) in [5, 5.41) is 3.49. The van der Waals surface area contributed by atoms with Crippen LogP contribution in [0, 0.1) is 17.8 Å². The smallest absolute Gasteiger partial charge is 0.0105 e. The molecule has 1 saturated heterocycles. The fourth-order valence-electron chi connectivity index (χ4n) is 3.71. The van der Waals surface area contributed by atoms with E-state index in [1.54, 1.807) is 0 Å². The number of fused-ring (bicyclic) bond motifs is 2. The van der Waals surface area contributed by atoms with Crippen molar-refractivity contribution in [2.45, 2.75) is 52.5 Å². The molecule has 1 heterocycles. The van der Waals surface area contributed by atoms with E-state index in [-0.39, 0.29) is 0 Å². The summed E-state index contributed by atoms with van der Waals surface area (Å²) in [6.07, 6.45) is 5.98. The summed E-state index contributed by atoms with van der Waals surface area (Å²) < 4.78 is 0. The lowest BCUT2D eigenvalue weighted by Gasteiger charge is -2.45. The number of hydrogen-bond donors (Lipinski definition) is 1. The molecule has 2 rings (SSSR count). The first-order valence-corrected chi connectivity index (χ1v) is 7.65. The van der Waals surface area contributed by atoms with E-state index in [0.29, 0.717) is 0 Å². The van der Waals surface area contributed by atoms with Gasteiger partial charge in [-0.05, 0) is 57.0 Å². The van der Waals surface area contributed by atoms with Gasteiger partial charge < -0.3 is 5.32 Å². The molecule has 17 heavy (non-hydrogen) atoms. The Morgan fingerprint density at radius 1 is 1.18 bits per heavy atom. The standard InChI is InChI=1S/C15H30N2/c1-4-16-9-12(2)13(3)17-10-14-6-5-7-15(8-14)11-17/h12-16H,4-11H2,1-3H3. The lowest BCUT2D eigenvalue weighted by atomic mass is 9.77. The average Bonchev–Trinajstić information content (AvgIpc) is 2.34. The summed E-state index contributed by atoms with van der Waals surface area (Å²) >= 11 is 0. The molecule has 2 bridgehead atoms. The Kier molecular flexibility index (Phi) is 4.87. The minimum absolute atomic E-state index is 0.748. The van der Waals surface area contributed by atoms with Crippen molar-refractivity contribution in [1.29, 1.82) is 0 Å². The zero-order chi connectivity index (χ0) is 12.3. The fraction of sp³-hybridized carbons (Fsp3) is 1.00. The maximum absolute atomic E-state index is 3.49. The SMILES string of the molecule is CCNCC(C)C(C)N1CC2CCCC(C2)C1. The van der Waals surface area contributed by atoms with Gasteiger partial charge in [-0.25, -0.2) is 0 Å². The van der Waals surface area contributed by atoms with Crippen molar-refractivity contribution in [2.75, 3.05) is 26.2 Å². The largest absolute Gasteiger partial charge is 0.317 e. The van der Waals surface area contributed by atoms with Crippen molar-refractivity contribution in [3.63, 3.8) is 0 Å². The quantitative estimate of drug-likeness (QED) is 0.792. The van der Waals surface area contributed by atoms with Gasteiger partial charge in [-0.2, -0.15) is 0 Å². The summed E-state index contributed by atoms with van der Waals surface area (Å²) in [4.78, 5) is 2.78. The van der Waals surface area contributed by atoms with Gasteiger partial charge in [0.25, 0.3) is 0 Å². The molecule has 0 aromatic rings. The van der Waals surface area contributed by atoms with Gasteiger partial charge in [-0.3, -0.25) is 4.90 Å². The van der Waals surface area contributed by atoms with E-state index in [1.807, 2.05) is 0 Å². The molecule has 1 N–H and O–H groups in total. The Hall–Kier alpha value is -0.0800. The van der Waals surface area contributed by atoms with E-state index in [1.165, 1.54) is 45.3 Å². The summed E-state index contributed by atoms with van der Waals surface area (Å²) in [7, 11) is 0. The first-order chi connectivity index (χ1) is 8.20. The highest BCUT2D eigenvalue weighted by molar-refractivity contribution is 4.87. The Morgan fingerprint density at radius 2 is 1.82 bits per heavy atom. The molecule has 1 aliphatic carbocycles. The molecule has 2 heteroatoms. The van der Waals surface area contributed by atoms with Gasteiger partial charge >= 0.3 is 0 Å². The van der Waals surface area contributed by atoms with E-state index in [2.05, 4.69) is 31.0 Å². The minimum Gasteiger partial charge on any atom is -0.317 e. The van der Waals surface area contributed by atoms with E-state index in [4.69, 9.17) is 0 Å². The van der Waals surface area contributed by atoms with Crippen LogP contribution >= 0.6 is 0 Å². The third-order valence-electron chi connectivity index (χ3n) is 4.99. The molecule has 0 aromatic carbocycles. The van der Waals surface area contributed by atoms with Crippen LogP contribution in [0.2, 0.25) is 0 Å². The fourth-order valence-corrected chi connectivity index (χ4v) is 3.71. The second-order valence-electron chi connectivity index (χ2n) is 6.38. The predicted octanol–water partition coefficient (Wildman–Crippen LogP) is 2.74. The maximum Gasteiger partial charge on any atom is 0.0105 e. The number of nitrogens with one attached hydrogen (secondary N) is 1. The first kappa shape index (κ1) is 13.4. The van der Waals surface area contributed by atoms with Gasteiger partial charge in [0.2, 0.25) is 0 Å². The molecule has 1 saturated carbocycles. The molecule has 0 amide bonds. The molecule has 2 nitrogen and oxygen atoms in total. The lowest BCUT2D eigenvalue weighted by Crippen LogP contribution is -2.50. The highest BCUT2D eigenvalue weighted by Crippen LogP contribution is 2.35. The molecule has 0 aromatic heterocycles. The summed E-state index contributed by atoms with van der Waals surface area (Å²) in [5.74, 6) is 2.79. The zero-order valence-electron chi connectivity index (χ0n) is 11.9. The van der Waals surface area contributed by atoms with Gasteiger partial charge in [0, 0.05) is 19.1 Å². The van der Waals surface area contributed by atoms with Crippen LogP contribution in [0.4, 0.5) is 0 Å². The van der Waals surface area contributed by atoms with E-state index >= 15 is 0 Å². The second kappa shape index (κ2) is 6.19. The van der Waals surface area contributed by atoms with Crippen molar-refractivity contribution in [2.24, 2.45) is 17.8 Å². The average molecular weight is 238 g/mol. The molecular formula is C15H30N2. The Morgan fingerprint density at radius 3 is 2.41 bits per heavy atom. The molecule has 0 spiro atoms. The van der Waals surface area contributed by atoms with Crippen LogP contribution in [0.5, 0.6) is 0 Å². The summed E-state index contributed by atoms with van der Waals surface area (Å²) in [6.45, 7) is 12.0. The van der Waals surface area contributed by atoms with Crippen LogP contribution in [0.25, 0.3) is 0 Å². The van der Waals surface area contributed by atoms with Crippen LogP contribution in [0.1, 0.15) is 46.5 Å². The van der Waals surface area contributed by atoms with Gasteiger partial charge in [-0.15, -0.1) is 0 Å². The molecule has 4 unspecified atom stereocenters. The minimum atomic E-state index is 0.748. The van der Waals surface area contributed by atoms with Crippen molar-refractivity contribution in [3.8, 4) is 0 Å². The van der Waals surface area contributed by atoms with Crippen LogP contribution in [0.15, 0.2) is 0 Å². The van der Waals surface area contributed by atoms with Crippen LogP contribution < -0.4 is 5.32 Å². The monoisotopic (exact) mass is 238 g/mol. The van der Waals surface area contributed by atoms with Gasteiger partial charge in [0.15, 0.2) is 0 Å². The molecular weight excluding hydrogens is 208 g/mol. The maximum atomic E-state index is 3.49. The Bertz CT molecular complexity index is 217. The number of likely N-dealkylation sites (tertiary alicyclic amines) is 1. The van der Waals surface area contributed by atoms with E-state index < -0.39 is 0 Å². The van der Waals surface area contributed by atoms with Crippen molar-refractivity contribution < 1.29 is 0 Å². The Labute approximate surface area is 107 Å². The summed E-state index contributed by atoms with van der Waals surface area (Å²) in [5.41, 5.74) is 0. The third kappa shape index (κ3) is 3.45. The molecule has 2 fully saturated rings. The molecule has 4 atom stereocenters. The number of rotatable bonds is 5. The van der Waals surface area contributed by atoms with Crippen molar-refractivity contribution in [3.05, 3.63) is 0 Å². The third-order valence-corrected chi connectivity index (χ3v) is 4.99. The topological polar surface area (TPSA) is 15.3 Å². The zero-order valence-corrected chi connectivity index (χ0v) is 11.9. The van der Waals surface area contributed by atoms with Crippen LogP contribution in [-0.2, 0) is 0 Å².